The van der Waals surface area contributed by atoms with Crippen molar-refractivity contribution < 1.29 is 0 Å². The zero-order chi connectivity index (χ0) is 21.3. The smallest absolute Gasteiger partial charge is 0.227 e. The van der Waals surface area contributed by atoms with Gasteiger partial charge in [0.05, 0.1) is 10.4 Å². The molecule has 0 aromatic carbocycles. The summed E-state index contributed by atoms with van der Waals surface area (Å²) in [5, 5.41) is 3.57. The Morgan fingerprint density at radius 2 is 2.00 bits per heavy atom. The molecule has 7 nitrogen and oxygen atoms in total. The summed E-state index contributed by atoms with van der Waals surface area (Å²) in [6.45, 7) is 13.7. The highest BCUT2D eigenvalue weighted by molar-refractivity contribution is 6.36. The highest BCUT2D eigenvalue weighted by Gasteiger charge is 2.20. The number of rotatable bonds is 4. The van der Waals surface area contributed by atoms with E-state index in [9.17, 15) is 0 Å². The molecule has 158 valence electrons. The monoisotopic (exact) mass is 425 g/mol. The molecule has 4 heterocycles. The fraction of sp³-hybridized carbons (Fsp3) is 0.409. The Bertz CT molecular complexity index is 1180. The third kappa shape index (κ3) is 3.94. The van der Waals surface area contributed by atoms with Gasteiger partial charge in [-0.15, -0.1) is 0 Å². The van der Waals surface area contributed by atoms with Crippen LogP contribution in [0, 0.1) is 0 Å². The first kappa shape index (κ1) is 20.5. The van der Waals surface area contributed by atoms with E-state index in [0.717, 1.165) is 83.1 Å². The largest absolute Gasteiger partial charge is 0.359 e. The third-order valence-electron chi connectivity index (χ3n) is 5.68. The zero-order valence-corrected chi connectivity index (χ0v) is 18.6. The summed E-state index contributed by atoms with van der Waals surface area (Å²) in [6.07, 6.45) is 5.53. The molecule has 4 rings (SSSR count). The predicted molar refractivity (Wildman–Crippen MR) is 125 cm³/mol. The fourth-order valence-electron chi connectivity index (χ4n) is 3.74. The van der Waals surface area contributed by atoms with Crippen molar-refractivity contribution in [2.75, 3.05) is 31.1 Å². The minimum Gasteiger partial charge on any atom is -0.359 e. The first-order valence-corrected chi connectivity index (χ1v) is 10.8. The average Bonchev–Trinajstić information content (AvgIpc) is 3.30. The predicted octanol–water partition coefficient (Wildman–Crippen LogP) is 2.45. The van der Waals surface area contributed by atoms with Crippen LogP contribution in [0.25, 0.3) is 23.8 Å². The van der Waals surface area contributed by atoms with Crippen molar-refractivity contribution in [2.45, 2.75) is 33.6 Å². The second kappa shape index (κ2) is 8.52. The van der Waals surface area contributed by atoms with Gasteiger partial charge in [-0.2, -0.15) is 4.98 Å². The normalized spacial score (nSPS) is 16.1. The van der Waals surface area contributed by atoms with E-state index in [2.05, 4.69) is 63.2 Å². The topological polar surface area (TPSA) is 76.2 Å². The Morgan fingerprint density at radius 3 is 2.67 bits per heavy atom. The van der Waals surface area contributed by atoms with Crippen molar-refractivity contribution in [3.05, 3.63) is 39.2 Å². The molecule has 8 heteroatoms. The van der Waals surface area contributed by atoms with Crippen LogP contribution in [0.3, 0.4) is 0 Å². The van der Waals surface area contributed by atoms with E-state index >= 15 is 0 Å². The SMILES string of the molecule is C=c1[nH]c(CC)c/c1=C/N=C(\C)N1CCN(c2ncc3c(Cl)c(CC)[nH]c3n2)CC1. The number of piperazine rings is 1. The van der Waals surface area contributed by atoms with Crippen LogP contribution in [0.15, 0.2) is 17.3 Å². The van der Waals surface area contributed by atoms with Gasteiger partial charge in [0.15, 0.2) is 0 Å². The van der Waals surface area contributed by atoms with E-state index in [0.29, 0.717) is 0 Å². The van der Waals surface area contributed by atoms with Gasteiger partial charge in [0, 0.05) is 60.5 Å². The van der Waals surface area contributed by atoms with Crippen molar-refractivity contribution in [1.29, 1.82) is 0 Å². The number of hydrogen-bond acceptors (Lipinski definition) is 4. The number of aliphatic imine (C=N–C) groups is 1. The standard InChI is InChI=1S/C22H28ClN7/c1-5-17-11-16(14(3)26-17)12-24-15(4)29-7-9-30(10-8-29)22-25-13-18-20(23)19(6-2)27-21(18)28-22/h11-13,26H,3,5-10H2,1-2,4H3,(H,25,27,28)/b16-12-,24-15+. The van der Waals surface area contributed by atoms with Gasteiger partial charge in [0.2, 0.25) is 5.95 Å². The number of aromatic nitrogens is 4. The van der Waals surface area contributed by atoms with Crippen molar-refractivity contribution in [2.24, 2.45) is 4.99 Å². The number of hydrogen-bond donors (Lipinski definition) is 2. The van der Waals surface area contributed by atoms with Crippen LogP contribution in [0.1, 0.15) is 32.2 Å². The third-order valence-corrected chi connectivity index (χ3v) is 6.11. The molecule has 0 unspecified atom stereocenters. The number of aryl methyl sites for hydroxylation is 2. The number of H-pyrrole nitrogens is 2. The van der Waals surface area contributed by atoms with Gasteiger partial charge < -0.3 is 19.8 Å². The number of amidine groups is 1. The molecule has 0 amide bonds. The molecule has 30 heavy (non-hydrogen) atoms. The van der Waals surface area contributed by atoms with E-state index in [1.807, 2.05) is 12.4 Å². The number of nitrogens with zero attached hydrogens (tertiary/aromatic N) is 5. The Hall–Kier alpha value is -2.80. The number of aromatic amines is 2. The summed E-state index contributed by atoms with van der Waals surface area (Å²) in [5.74, 6) is 1.75. The Balaban J connectivity index is 1.45. The van der Waals surface area contributed by atoms with Crippen LogP contribution >= 0.6 is 11.6 Å². The maximum atomic E-state index is 6.39. The van der Waals surface area contributed by atoms with Crippen LogP contribution in [-0.2, 0) is 12.8 Å². The number of fused-ring (bicyclic) bond motifs is 1. The fourth-order valence-corrected chi connectivity index (χ4v) is 4.06. The van der Waals surface area contributed by atoms with Gasteiger partial charge in [0.25, 0.3) is 0 Å². The molecule has 0 atom stereocenters. The van der Waals surface area contributed by atoms with Gasteiger partial charge in [0.1, 0.15) is 11.5 Å². The molecule has 3 aromatic rings. The first-order valence-electron chi connectivity index (χ1n) is 10.4. The summed E-state index contributed by atoms with van der Waals surface area (Å²) in [6, 6.07) is 2.11. The Kier molecular flexibility index (Phi) is 5.81. The maximum absolute atomic E-state index is 6.39. The van der Waals surface area contributed by atoms with Crippen molar-refractivity contribution in [3.8, 4) is 0 Å². The summed E-state index contributed by atoms with van der Waals surface area (Å²) in [7, 11) is 0. The minimum absolute atomic E-state index is 0.728. The van der Waals surface area contributed by atoms with E-state index in [1.54, 1.807) is 0 Å². The molecule has 0 aliphatic carbocycles. The molecule has 0 saturated carbocycles. The van der Waals surface area contributed by atoms with E-state index in [4.69, 9.17) is 16.6 Å². The van der Waals surface area contributed by atoms with Crippen molar-refractivity contribution in [3.63, 3.8) is 0 Å². The molecule has 2 N–H and O–H groups in total. The lowest BCUT2D eigenvalue weighted by Gasteiger charge is -2.35. The van der Waals surface area contributed by atoms with Gasteiger partial charge in [-0.25, -0.2) is 9.98 Å². The van der Waals surface area contributed by atoms with Gasteiger partial charge in [-0.3, -0.25) is 0 Å². The summed E-state index contributed by atoms with van der Waals surface area (Å²) in [5.41, 5.74) is 2.99. The van der Waals surface area contributed by atoms with E-state index in [1.165, 1.54) is 5.69 Å². The number of nitrogens with one attached hydrogen (secondary N) is 2. The molecule has 0 bridgehead atoms. The summed E-state index contributed by atoms with van der Waals surface area (Å²) >= 11 is 6.39. The number of anilines is 1. The van der Waals surface area contributed by atoms with Crippen molar-refractivity contribution >= 4 is 47.2 Å². The number of halogens is 1. The van der Waals surface area contributed by atoms with Crippen LogP contribution in [0.4, 0.5) is 5.95 Å². The van der Waals surface area contributed by atoms with E-state index in [-0.39, 0.29) is 0 Å². The average molecular weight is 426 g/mol. The van der Waals surface area contributed by atoms with E-state index < -0.39 is 0 Å². The van der Waals surface area contributed by atoms with Gasteiger partial charge in [-0.05, 0) is 25.8 Å². The Labute approximate surface area is 181 Å². The molecule has 1 saturated heterocycles. The highest BCUT2D eigenvalue weighted by atomic mass is 35.5. The first-order chi connectivity index (χ1) is 14.5. The van der Waals surface area contributed by atoms with Gasteiger partial charge in [-0.1, -0.05) is 32.0 Å². The van der Waals surface area contributed by atoms with Crippen molar-refractivity contribution in [1.82, 2.24) is 24.8 Å². The molecule has 1 fully saturated rings. The molecule has 1 aliphatic heterocycles. The second-order valence-corrected chi connectivity index (χ2v) is 7.94. The maximum Gasteiger partial charge on any atom is 0.227 e. The summed E-state index contributed by atoms with van der Waals surface area (Å²) < 4.78 is 0. The lowest BCUT2D eigenvalue weighted by Crippen LogP contribution is -2.48. The molecule has 3 aromatic heterocycles. The van der Waals surface area contributed by atoms with Crippen LogP contribution in [0.2, 0.25) is 5.02 Å². The Morgan fingerprint density at radius 1 is 1.23 bits per heavy atom. The molecular formula is C22H28ClN7. The van der Waals surface area contributed by atoms with Crippen LogP contribution in [-0.4, -0.2) is 56.9 Å². The van der Waals surface area contributed by atoms with Gasteiger partial charge >= 0.3 is 0 Å². The van der Waals surface area contributed by atoms with Crippen LogP contribution in [0.5, 0.6) is 0 Å². The molecule has 0 spiro atoms. The quantitative estimate of drug-likeness (QED) is 0.497. The lowest BCUT2D eigenvalue weighted by molar-refractivity contribution is 0.381. The zero-order valence-electron chi connectivity index (χ0n) is 17.8. The molecule has 1 aliphatic rings. The highest BCUT2D eigenvalue weighted by Crippen LogP contribution is 2.27. The summed E-state index contributed by atoms with van der Waals surface area (Å²) in [4.78, 5) is 25.0. The van der Waals surface area contributed by atoms with Crippen LogP contribution < -0.4 is 15.5 Å². The molecular weight excluding hydrogens is 398 g/mol. The lowest BCUT2D eigenvalue weighted by atomic mass is 10.3. The minimum atomic E-state index is 0.728. The second-order valence-electron chi connectivity index (χ2n) is 7.56. The molecule has 0 radical (unpaired) electrons.